The lowest BCUT2D eigenvalue weighted by Gasteiger charge is -2.45. The number of nitrogens with one attached hydrogen (secondary N) is 2. The standard InChI is InChI=1S/C38H37ClN10O7.C2HF3O2/c39-25-3-8-31(49-21-40-43-44-49)32(18-25)47-11-12-48(37(54)36(47)53)33(35(52)41-26-4-7-29-24(16-26)17-30(42-29)38(55)56)15-22-1-5-27(6-2-22)46-10-9-45(19-34(46)51)28-13-23(14-28)20-50;3-2(4,5)1(6)7/h1-8,16-18,21,23,28,33,42,50H,9-15,19-20H2,(H,41,52)(H,55,56);(H,6,7). The first-order chi connectivity index (χ1) is 30.0. The zero-order valence-electron chi connectivity index (χ0n) is 32.9. The lowest BCUT2D eigenvalue weighted by Crippen LogP contribution is -2.60. The van der Waals surface area contributed by atoms with Gasteiger partial charge in [-0.2, -0.15) is 17.9 Å². The number of alkyl halides is 3. The first-order valence-electron chi connectivity index (χ1n) is 19.4. The lowest BCUT2D eigenvalue weighted by atomic mass is 9.79. The van der Waals surface area contributed by atoms with E-state index in [4.69, 9.17) is 21.5 Å². The van der Waals surface area contributed by atoms with Crippen molar-refractivity contribution in [1.29, 1.82) is 0 Å². The van der Waals surface area contributed by atoms with Crippen LogP contribution in [0.4, 0.5) is 30.2 Å². The maximum Gasteiger partial charge on any atom is 0.490 e. The second kappa shape index (κ2) is 18.2. The Morgan fingerprint density at radius 3 is 2.24 bits per heavy atom. The van der Waals surface area contributed by atoms with Crippen LogP contribution in [0, 0.1) is 5.92 Å². The molecule has 4 amide bonds. The average molecular weight is 895 g/mol. The van der Waals surface area contributed by atoms with Gasteiger partial charge in [-0.15, -0.1) is 5.10 Å². The number of aromatic carboxylic acids is 1. The molecular formula is C40H38ClF3N10O9. The quantitative estimate of drug-likeness (QED) is 0.120. The van der Waals surface area contributed by atoms with Gasteiger partial charge in [-0.25, -0.2) is 9.59 Å². The van der Waals surface area contributed by atoms with E-state index in [9.17, 15) is 47.4 Å². The number of aromatic nitrogens is 5. The molecule has 1 atom stereocenters. The number of rotatable bonds is 11. The van der Waals surface area contributed by atoms with E-state index in [0.717, 1.165) is 19.4 Å². The molecule has 5 aromatic rings. The van der Waals surface area contributed by atoms with Gasteiger partial charge in [-0.1, -0.05) is 23.7 Å². The number of fused-ring (bicyclic) bond motifs is 1. The highest BCUT2D eigenvalue weighted by Crippen LogP contribution is 2.33. The van der Waals surface area contributed by atoms with Crippen molar-refractivity contribution in [3.8, 4) is 5.69 Å². The molecule has 3 aromatic carbocycles. The van der Waals surface area contributed by atoms with Crippen LogP contribution in [-0.4, -0.2) is 143 Å². The minimum Gasteiger partial charge on any atom is -0.477 e. The van der Waals surface area contributed by atoms with Crippen molar-refractivity contribution >= 4 is 75.1 Å². The minimum atomic E-state index is -5.08. The number of aliphatic hydroxyl groups is 1. The number of amides is 4. The highest BCUT2D eigenvalue weighted by molar-refractivity contribution is 6.41. The van der Waals surface area contributed by atoms with Gasteiger partial charge >= 0.3 is 29.9 Å². The highest BCUT2D eigenvalue weighted by atomic mass is 35.5. The van der Waals surface area contributed by atoms with E-state index in [2.05, 4.69) is 30.7 Å². The third-order valence-corrected chi connectivity index (χ3v) is 11.3. The normalized spacial score (nSPS) is 18.7. The molecule has 8 rings (SSSR count). The van der Waals surface area contributed by atoms with Crippen molar-refractivity contribution in [1.82, 2.24) is 35.0 Å². The summed E-state index contributed by atoms with van der Waals surface area (Å²) in [4.78, 5) is 85.0. The Bertz CT molecular complexity index is 2550. The number of anilines is 3. The summed E-state index contributed by atoms with van der Waals surface area (Å²) >= 11 is 6.32. The molecule has 2 saturated heterocycles. The second-order valence-electron chi connectivity index (χ2n) is 15.0. The van der Waals surface area contributed by atoms with E-state index in [1.165, 1.54) is 26.9 Å². The van der Waals surface area contributed by atoms with Gasteiger partial charge in [0.1, 0.15) is 18.1 Å². The molecule has 1 aliphatic carbocycles. The fraction of sp³-hybridized carbons (Fsp3) is 0.325. The highest BCUT2D eigenvalue weighted by Gasteiger charge is 2.42. The summed E-state index contributed by atoms with van der Waals surface area (Å²) in [6, 6.07) is 17.5. The fourth-order valence-corrected chi connectivity index (χ4v) is 7.88. The van der Waals surface area contributed by atoms with Gasteiger partial charge in [-0.3, -0.25) is 24.1 Å². The summed E-state index contributed by atoms with van der Waals surface area (Å²) < 4.78 is 33.1. The molecular weight excluding hydrogens is 857 g/mol. The Morgan fingerprint density at radius 2 is 1.60 bits per heavy atom. The Kier molecular flexibility index (Phi) is 12.8. The van der Waals surface area contributed by atoms with Crippen LogP contribution < -0.4 is 15.1 Å². The van der Waals surface area contributed by atoms with Crippen molar-refractivity contribution < 1.29 is 57.3 Å². The number of halogens is 4. The van der Waals surface area contributed by atoms with Gasteiger partial charge in [0.2, 0.25) is 11.8 Å². The second-order valence-corrected chi connectivity index (χ2v) is 15.4. The van der Waals surface area contributed by atoms with Crippen molar-refractivity contribution in [3.05, 3.63) is 89.3 Å². The zero-order chi connectivity index (χ0) is 45.2. The number of hydrogen-bond acceptors (Lipinski definition) is 11. The van der Waals surface area contributed by atoms with Crippen LogP contribution >= 0.6 is 11.6 Å². The Morgan fingerprint density at radius 1 is 0.889 bits per heavy atom. The monoisotopic (exact) mass is 894 g/mol. The average Bonchev–Trinajstić information content (AvgIpc) is 3.92. The molecule has 0 bridgehead atoms. The summed E-state index contributed by atoms with van der Waals surface area (Å²) in [6.07, 6.45) is -1.90. The molecule has 3 aliphatic rings. The van der Waals surface area contributed by atoms with E-state index in [1.54, 1.807) is 53.4 Å². The number of hydrogen-bond donors (Lipinski definition) is 5. The zero-order valence-corrected chi connectivity index (χ0v) is 33.7. The number of carboxylic acids is 2. The summed E-state index contributed by atoms with van der Waals surface area (Å²) in [6.45, 7) is 1.75. The maximum absolute atomic E-state index is 14.2. The van der Waals surface area contributed by atoms with Crippen LogP contribution in [0.2, 0.25) is 5.02 Å². The third-order valence-electron chi connectivity index (χ3n) is 11.0. The summed E-state index contributed by atoms with van der Waals surface area (Å²) in [5, 5.41) is 41.0. The van der Waals surface area contributed by atoms with E-state index in [1.807, 2.05) is 12.1 Å². The van der Waals surface area contributed by atoms with E-state index < -0.39 is 41.9 Å². The number of benzene rings is 3. The van der Waals surface area contributed by atoms with Gasteiger partial charge in [0.25, 0.3) is 0 Å². The number of aliphatic carboxylic acids is 1. The molecule has 330 valence electrons. The summed E-state index contributed by atoms with van der Waals surface area (Å²) in [5.41, 5.74) is 3.07. The van der Waals surface area contributed by atoms with Crippen LogP contribution in [0.1, 0.15) is 28.9 Å². The smallest absolute Gasteiger partial charge is 0.477 e. The van der Waals surface area contributed by atoms with E-state index >= 15 is 0 Å². The summed E-state index contributed by atoms with van der Waals surface area (Å²) in [5.74, 6) is -5.93. The molecule has 63 heavy (non-hydrogen) atoms. The van der Waals surface area contributed by atoms with E-state index in [-0.39, 0.29) is 37.7 Å². The molecule has 0 spiro atoms. The number of carbonyl (C=O) groups is 6. The number of carboxylic acid groups (broad SMARTS) is 2. The number of H-pyrrole nitrogens is 1. The molecule has 2 aromatic heterocycles. The van der Waals surface area contributed by atoms with Gasteiger partial charge < -0.3 is 40.3 Å². The van der Waals surface area contributed by atoms with Crippen molar-refractivity contribution in [2.75, 3.05) is 54.4 Å². The number of nitrogens with zero attached hydrogens (tertiary/aromatic N) is 8. The summed E-state index contributed by atoms with van der Waals surface area (Å²) in [7, 11) is 0. The molecule has 1 saturated carbocycles. The van der Waals surface area contributed by atoms with Crippen LogP contribution in [-0.2, 0) is 30.4 Å². The largest absolute Gasteiger partial charge is 0.490 e. The van der Waals surface area contributed by atoms with Gasteiger partial charge in [0.05, 0.1) is 17.9 Å². The maximum atomic E-state index is 14.2. The van der Waals surface area contributed by atoms with E-state index in [0.29, 0.717) is 69.3 Å². The first-order valence-corrected chi connectivity index (χ1v) is 19.7. The number of piperazine rings is 2. The van der Waals surface area contributed by atoms with Gasteiger partial charge in [0.15, 0.2) is 0 Å². The molecule has 5 N–H and O–H groups in total. The fourth-order valence-electron chi connectivity index (χ4n) is 7.71. The van der Waals surface area contributed by atoms with Crippen molar-refractivity contribution in [2.24, 2.45) is 5.92 Å². The molecule has 1 unspecified atom stereocenters. The Labute approximate surface area is 359 Å². The third kappa shape index (κ3) is 9.77. The van der Waals surface area contributed by atoms with Crippen LogP contribution in [0.25, 0.3) is 16.6 Å². The number of carbonyl (C=O) groups excluding carboxylic acids is 4. The minimum absolute atomic E-state index is 0.0000535. The predicted octanol–water partition coefficient (Wildman–Crippen LogP) is 2.97. The van der Waals surface area contributed by atoms with Gasteiger partial charge in [0, 0.05) is 72.5 Å². The lowest BCUT2D eigenvalue weighted by molar-refractivity contribution is -0.192. The molecule has 23 heteroatoms. The van der Waals surface area contributed by atoms with Crippen LogP contribution in [0.5, 0.6) is 0 Å². The van der Waals surface area contributed by atoms with Crippen LogP contribution in [0.15, 0.2) is 73.1 Å². The SMILES string of the molecule is O=C(O)C(F)(F)F.O=C(O)c1cc2cc(NC(=O)C(Cc3ccc(N4CCN(C5CC(CO)C5)CC4=O)cc3)N3CCN(c4cc(Cl)ccc4-n4cnnn4)C(=O)C3=O)ccc2[nH]1. The molecule has 19 nitrogen and oxygen atoms in total. The molecule has 3 fully saturated rings. The topological polar surface area (TPSA) is 247 Å². The number of aliphatic hydroxyl groups excluding tert-OH is 1. The molecule has 0 radical (unpaired) electrons. The number of tetrazole rings is 1. The Hall–Kier alpha value is -6.91. The van der Waals surface area contributed by atoms with Crippen LogP contribution in [0.3, 0.4) is 0 Å². The first kappa shape index (κ1) is 44.2. The molecule has 4 heterocycles. The van der Waals surface area contributed by atoms with Crippen molar-refractivity contribution in [2.45, 2.75) is 37.5 Å². The van der Waals surface area contributed by atoms with Gasteiger partial charge in [-0.05, 0) is 89.3 Å². The van der Waals surface area contributed by atoms with Crippen molar-refractivity contribution in [3.63, 3.8) is 0 Å². The number of aromatic amines is 1. The molecule has 2 aliphatic heterocycles. The Balaban J connectivity index is 0.000000785. The predicted molar refractivity (Wildman–Crippen MR) is 217 cm³/mol.